The summed E-state index contributed by atoms with van der Waals surface area (Å²) in [6.45, 7) is 3.07. The molecular formula is C25H40F2O. The molecule has 0 aromatic rings. The molecule has 2 saturated carbocycles. The van der Waals surface area contributed by atoms with E-state index in [1.165, 1.54) is 64.2 Å². The highest BCUT2D eigenvalue weighted by molar-refractivity contribution is 4.89. The maximum Gasteiger partial charge on any atom is 0.266 e. The fourth-order valence-electron chi connectivity index (χ4n) is 5.94. The molecule has 1 saturated heterocycles. The zero-order valence-corrected chi connectivity index (χ0v) is 17.8. The van der Waals surface area contributed by atoms with Crippen molar-refractivity contribution in [3.63, 3.8) is 0 Å². The lowest BCUT2D eigenvalue weighted by Gasteiger charge is -2.38. The molecule has 0 amide bonds. The van der Waals surface area contributed by atoms with Gasteiger partial charge in [0.2, 0.25) is 0 Å². The predicted molar refractivity (Wildman–Crippen MR) is 112 cm³/mol. The molecule has 0 aromatic carbocycles. The van der Waals surface area contributed by atoms with E-state index < -0.39 is 6.08 Å². The molecule has 3 rings (SSSR count). The van der Waals surface area contributed by atoms with Gasteiger partial charge in [-0.3, -0.25) is 0 Å². The third-order valence-corrected chi connectivity index (χ3v) is 7.82. The molecule has 0 aromatic heterocycles. The quantitative estimate of drug-likeness (QED) is 0.398. The highest BCUT2D eigenvalue weighted by Crippen LogP contribution is 2.40. The van der Waals surface area contributed by atoms with Crippen LogP contribution in [-0.2, 0) is 4.74 Å². The van der Waals surface area contributed by atoms with Gasteiger partial charge in [-0.2, -0.15) is 8.78 Å². The first kappa shape index (κ1) is 22.0. The van der Waals surface area contributed by atoms with Gasteiger partial charge in [-0.15, -0.1) is 0 Å². The largest absolute Gasteiger partial charge is 0.378 e. The normalized spacial score (nSPS) is 37.1. The summed E-state index contributed by atoms with van der Waals surface area (Å²) >= 11 is 0. The van der Waals surface area contributed by atoms with Crippen molar-refractivity contribution in [2.75, 3.05) is 6.61 Å². The Labute approximate surface area is 171 Å². The number of allylic oxidation sites excluding steroid dienone is 3. The Hall–Kier alpha value is -0.700. The predicted octanol–water partition coefficient (Wildman–Crippen LogP) is 7.92. The number of ether oxygens (including phenoxy) is 1. The SMILES string of the molecule is C/C=C/C1CCC(CCC2CCC(C3CCC(CC=C(F)F)CC3)CO2)CC1. The monoisotopic (exact) mass is 394 g/mol. The molecule has 2 atom stereocenters. The van der Waals surface area contributed by atoms with Crippen molar-refractivity contribution >= 4 is 0 Å². The minimum atomic E-state index is -1.51. The van der Waals surface area contributed by atoms with Crippen LogP contribution >= 0.6 is 0 Å². The molecule has 28 heavy (non-hydrogen) atoms. The van der Waals surface area contributed by atoms with E-state index in [9.17, 15) is 8.78 Å². The van der Waals surface area contributed by atoms with Crippen molar-refractivity contribution in [2.45, 2.75) is 96.5 Å². The topological polar surface area (TPSA) is 9.23 Å². The fraction of sp³-hybridized carbons (Fsp3) is 0.840. The molecule has 3 heteroatoms. The van der Waals surface area contributed by atoms with Gasteiger partial charge in [0.15, 0.2) is 0 Å². The molecule has 0 radical (unpaired) electrons. The first-order valence-electron chi connectivity index (χ1n) is 11.9. The van der Waals surface area contributed by atoms with E-state index in [-0.39, 0.29) is 0 Å². The van der Waals surface area contributed by atoms with Crippen LogP contribution in [0.1, 0.15) is 90.4 Å². The van der Waals surface area contributed by atoms with Crippen LogP contribution < -0.4 is 0 Å². The van der Waals surface area contributed by atoms with E-state index >= 15 is 0 Å². The van der Waals surface area contributed by atoms with Gasteiger partial charge in [0.1, 0.15) is 0 Å². The minimum Gasteiger partial charge on any atom is -0.378 e. The zero-order valence-electron chi connectivity index (χ0n) is 17.8. The van der Waals surface area contributed by atoms with E-state index in [0.29, 0.717) is 24.4 Å². The Bertz CT molecular complexity index is 487. The lowest BCUT2D eigenvalue weighted by atomic mass is 9.73. The zero-order chi connectivity index (χ0) is 19.8. The van der Waals surface area contributed by atoms with Gasteiger partial charge in [-0.25, -0.2) is 0 Å². The fourth-order valence-corrected chi connectivity index (χ4v) is 5.94. The average molecular weight is 395 g/mol. The second-order valence-corrected chi connectivity index (χ2v) is 9.69. The molecule has 1 heterocycles. The van der Waals surface area contributed by atoms with Gasteiger partial charge in [0.05, 0.1) is 12.7 Å². The van der Waals surface area contributed by atoms with Crippen LogP contribution in [0.15, 0.2) is 24.3 Å². The second-order valence-electron chi connectivity index (χ2n) is 9.69. The Kier molecular flexibility index (Phi) is 9.02. The van der Waals surface area contributed by atoms with Gasteiger partial charge in [-0.05, 0) is 126 Å². The number of rotatable bonds is 7. The molecule has 1 aliphatic heterocycles. The van der Waals surface area contributed by atoms with Gasteiger partial charge >= 0.3 is 0 Å². The summed E-state index contributed by atoms with van der Waals surface area (Å²) < 4.78 is 30.8. The molecule has 160 valence electrons. The molecule has 1 nitrogen and oxygen atoms in total. The third kappa shape index (κ3) is 6.97. The van der Waals surface area contributed by atoms with Crippen LogP contribution in [0.3, 0.4) is 0 Å². The Balaban J connectivity index is 1.28. The summed E-state index contributed by atoms with van der Waals surface area (Å²) in [5, 5.41) is 0. The molecule has 3 aliphatic rings. The number of halogens is 2. The van der Waals surface area contributed by atoms with E-state index in [1.807, 2.05) is 0 Å². The summed E-state index contributed by atoms with van der Waals surface area (Å²) in [4.78, 5) is 0. The Morgan fingerprint density at radius 1 is 0.821 bits per heavy atom. The van der Waals surface area contributed by atoms with Crippen LogP contribution in [-0.4, -0.2) is 12.7 Å². The van der Waals surface area contributed by atoms with E-state index in [1.54, 1.807) is 0 Å². The van der Waals surface area contributed by atoms with Crippen molar-refractivity contribution in [1.29, 1.82) is 0 Å². The molecular weight excluding hydrogens is 354 g/mol. The molecule has 2 aliphatic carbocycles. The van der Waals surface area contributed by atoms with Crippen molar-refractivity contribution in [3.05, 3.63) is 24.3 Å². The number of hydrogen-bond donors (Lipinski definition) is 0. The number of hydrogen-bond acceptors (Lipinski definition) is 1. The van der Waals surface area contributed by atoms with Crippen LogP contribution in [0.5, 0.6) is 0 Å². The van der Waals surface area contributed by atoms with E-state index in [2.05, 4.69) is 19.1 Å². The summed E-state index contributed by atoms with van der Waals surface area (Å²) in [6.07, 6.45) is 20.6. The van der Waals surface area contributed by atoms with Crippen molar-refractivity contribution in [1.82, 2.24) is 0 Å². The molecule has 2 unspecified atom stereocenters. The highest BCUT2D eigenvalue weighted by Gasteiger charge is 2.31. The first-order chi connectivity index (χ1) is 13.6. The molecule has 0 bridgehead atoms. The van der Waals surface area contributed by atoms with Gasteiger partial charge in [0.25, 0.3) is 6.08 Å². The molecule has 3 fully saturated rings. The first-order valence-corrected chi connectivity index (χ1v) is 11.9. The van der Waals surface area contributed by atoms with Crippen LogP contribution in [0.25, 0.3) is 0 Å². The maximum absolute atomic E-state index is 12.3. The van der Waals surface area contributed by atoms with E-state index in [0.717, 1.165) is 43.3 Å². The molecule has 0 spiro atoms. The van der Waals surface area contributed by atoms with E-state index in [4.69, 9.17) is 4.74 Å². The lowest BCUT2D eigenvalue weighted by molar-refractivity contribution is -0.0446. The second kappa shape index (κ2) is 11.5. The highest BCUT2D eigenvalue weighted by atomic mass is 19.3. The van der Waals surface area contributed by atoms with Crippen molar-refractivity contribution in [3.8, 4) is 0 Å². The van der Waals surface area contributed by atoms with Crippen molar-refractivity contribution in [2.24, 2.45) is 29.6 Å². The molecule has 0 N–H and O–H groups in total. The Morgan fingerprint density at radius 2 is 1.50 bits per heavy atom. The summed E-state index contributed by atoms with van der Waals surface area (Å²) in [5.74, 6) is 3.69. The van der Waals surface area contributed by atoms with Gasteiger partial charge in [-0.1, -0.05) is 12.2 Å². The summed E-state index contributed by atoms with van der Waals surface area (Å²) in [7, 11) is 0. The van der Waals surface area contributed by atoms with Crippen LogP contribution in [0.2, 0.25) is 0 Å². The average Bonchev–Trinajstić information content (AvgIpc) is 2.73. The minimum absolute atomic E-state index is 0.470. The maximum atomic E-state index is 12.3. The lowest BCUT2D eigenvalue weighted by Crippen LogP contribution is -2.32. The van der Waals surface area contributed by atoms with Crippen LogP contribution in [0.4, 0.5) is 8.78 Å². The Morgan fingerprint density at radius 3 is 2.11 bits per heavy atom. The van der Waals surface area contributed by atoms with Crippen molar-refractivity contribution < 1.29 is 13.5 Å². The third-order valence-electron chi connectivity index (χ3n) is 7.82. The van der Waals surface area contributed by atoms with Gasteiger partial charge in [0, 0.05) is 0 Å². The summed E-state index contributed by atoms with van der Waals surface area (Å²) in [5.41, 5.74) is 0. The smallest absolute Gasteiger partial charge is 0.266 e. The van der Waals surface area contributed by atoms with Crippen LogP contribution in [0, 0.1) is 29.6 Å². The summed E-state index contributed by atoms with van der Waals surface area (Å²) in [6, 6.07) is 0. The van der Waals surface area contributed by atoms with Gasteiger partial charge < -0.3 is 4.74 Å². The standard InChI is InChI=1S/C25H40F2O/c1-2-3-19-4-6-20(7-5-19)10-15-24-16-14-23(18-28-24)22-12-8-21(9-13-22)11-17-25(26)27/h2-3,17,19-24H,4-16,18H2,1H3/b3-2+.